The number of fused-ring (bicyclic) bond motifs is 3. The predicted octanol–water partition coefficient (Wildman–Crippen LogP) is 2.01. The van der Waals surface area contributed by atoms with Gasteiger partial charge in [0.25, 0.3) is 5.91 Å². The molecule has 0 aromatic heterocycles. The average Bonchev–Trinajstić information content (AvgIpc) is 3.40. The van der Waals surface area contributed by atoms with E-state index in [1.807, 2.05) is 48.4 Å². The molecule has 296 valence electrons. The van der Waals surface area contributed by atoms with Crippen molar-refractivity contribution in [3.8, 4) is 0 Å². The Bertz CT molecular complexity index is 1730. The molecule has 5 aliphatic rings. The normalized spacial score (nSPS) is 29.0. The molecular weight excluding hydrogens is 719 g/mol. The van der Waals surface area contributed by atoms with Crippen LogP contribution in [0.1, 0.15) is 76.8 Å². The summed E-state index contributed by atoms with van der Waals surface area (Å²) < 4.78 is 41.5. The second-order valence-electron chi connectivity index (χ2n) is 16.0. The zero-order valence-corrected chi connectivity index (χ0v) is 32.4. The van der Waals surface area contributed by atoms with Gasteiger partial charge in [0.2, 0.25) is 11.8 Å². The number of likely N-dealkylation sites (N-methyl/N-ethyl adjacent to an activating group) is 1. The molecule has 5 atom stereocenters. The number of hydrogen-bond donors (Lipinski definition) is 3. The highest BCUT2D eigenvalue weighted by Gasteiger charge is 2.62. The molecule has 3 N–H and O–H groups in total. The number of amides is 5. The van der Waals surface area contributed by atoms with Crippen molar-refractivity contribution in [2.24, 2.45) is 5.92 Å². The monoisotopic (exact) mass is 771 g/mol. The van der Waals surface area contributed by atoms with Crippen LogP contribution in [0.5, 0.6) is 0 Å². The second-order valence-corrected chi connectivity index (χ2v) is 17.7. The van der Waals surface area contributed by atoms with Crippen molar-refractivity contribution in [2.75, 3.05) is 39.8 Å². The van der Waals surface area contributed by atoms with Crippen LogP contribution in [0.3, 0.4) is 0 Å². The van der Waals surface area contributed by atoms with Crippen LogP contribution in [-0.2, 0) is 47.2 Å². The van der Waals surface area contributed by atoms with Crippen LogP contribution in [0.2, 0.25) is 0 Å². The lowest BCUT2D eigenvalue weighted by molar-refractivity contribution is -0.141. The third kappa shape index (κ3) is 9.17. The van der Waals surface area contributed by atoms with Gasteiger partial charge in [-0.1, -0.05) is 49.3 Å². The molecule has 1 saturated carbocycles. The Labute approximate surface area is 317 Å². The lowest BCUT2D eigenvalue weighted by atomic mass is 10.0. The van der Waals surface area contributed by atoms with Gasteiger partial charge in [-0.2, -0.15) is 12.7 Å². The van der Waals surface area contributed by atoms with Gasteiger partial charge >= 0.3 is 22.4 Å². The topological polar surface area (TPSA) is 187 Å². The highest BCUT2D eigenvalue weighted by atomic mass is 32.2. The predicted molar refractivity (Wildman–Crippen MR) is 197 cm³/mol. The summed E-state index contributed by atoms with van der Waals surface area (Å²) in [7, 11) is -2.32. The van der Waals surface area contributed by atoms with Crippen molar-refractivity contribution in [2.45, 2.75) is 108 Å². The van der Waals surface area contributed by atoms with Gasteiger partial charge in [0.15, 0.2) is 0 Å². The van der Waals surface area contributed by atoms with Gasteiger partial charge in [0, 0.05) is 51.6 Å². The Morgan fingerprint density at radius 3 is 2.33 bits per heavy atom. The first-order valence-corrected chi connectivity index (χ1v) is 20.3. The number of piperazine rings is 1. The number of hydrogen-bond acceptors (Lipinski definition) is 10. The van der Waals surface area contributed by atoms with Crippen molar-refractivity contribution in [1.29, 1.82) is 0 Å². The quantitative estimate of drug-likeness (QED) is 0.374. The van der Waals surface area contributed by atoms with Gasteiger partial charge in [-0.3, -0.25) is 19.3 Å². The van der Waals surface area contributed by atoms with Crippen LogP contribution in [0.4, 0.5) is 9.59 Å². The van der Waals surface area contributed by atoms with E-state index in [1.54, 1.807) is 25.7 Å². The summed E-state index contributed by atoms with van der Waals surface area (Å²) >= 11 is 0. The fraction of sp³-hybridized carbons (Fsp3) is 0.649. The van der Waals surface area contributed by atoms with Crippen molar-refractivity contribution in [3.05, 3.63) is 47.5 Å². The fourth-order valence-corrected chi connectivity index (χ4v) is 8.79. The first-order chi connectivity index (χ1) is 25.5. The van der Waals surface area contributed by atoms with Crippen LogP contribution in [0.25, 0.3) is 0 Å². The maximum atomic E-state index is 14.4. The van der Waals surface area contributed by atoms with Gasteiger partial charge in [0.05, 0.1) is 6.54 Å². The number of nitrogens with zero attached hydrogens (tertiary/aromatic N) is 4. The van der Waals surface area contributed by atoms with Gasteiger partial charge in [-0.05, 0) is 64.6 Å². The summed E-state index contributed by atoms with van der Waals surface area (Å²) in [6.07, 6.45) is 4.67. The lowest BCUT2D eigenvalue weighted by Gasteiger charge is -2.32. The first-order valence-electron chi connectivity index (χ1n) is 18.9. The van der Waals surface area contributed by atoms with Crippen molar-refractivity contribution in [3.63, 3.8) is 0 Å². The third-order valence-corrected chi connectivity index (χ3v) is 12.2. The van der Waals surface area contributed by atoms with E-state index in [9.17, 15) is 32.4 Å². The molecule has 17 heteroatoms. The molecule has 4 aliphatic heterocycles. The molecule has 1 aromatic rings. The van der Waals surface area contributed by atoms with E-state index in [2.05, 4.69) is 15.4 Å². The average molecular weight is 772 g/mol. The maximum Gasteiger partial charge on any atom is 0.410 e. The lowest BCUT2D eigenvalue weighted by Crippen LogP contribution is -2.60. The molecule has 5 amide bonds. The smallest absolute Gasteiger partial charge is 0.410 e. The molecule has 1 aromatic carbocycles. The summed E-state index contributed by atoms with van der Waals surface area (Å²) in [5.74, 6) is -2.58. The molecule has 0 unspecified atom stereocenters. The molecule has 0 radical (unpaired) electrons. The summed E-state index contributed by atoms with van der Waals surface area (Å²) in [5, 5.41) is 5.54. The largest absolute Gasteiger partial charge is 0.444 e. The van der Waals surface area contributed by atoms with E-state index in [1.165, 1.54) is 9.21 Å². The highest BCUT2D eigenvalue weighted by Crippen LogP contribution is 2.46. The Morgan fingerprint density at radius 1 is 0.981 bits per heavy atom. The van der Waals surface area contributed by atoms with Crippen molar-refractivity contribution < 1.29 is 41.9 Å². The summed E-state index contributed by atoms with van der Waals surface area (Å²) in [6.45, 7) is 7.17. The minimum absolute atomic E-state index is 0.0684. The number of allylic oxidation sites excluding steroid dienone is 1. The summed E-state index contributed by atoms with van der Waals surface area (Å²) in [4.78, 5) is 73.9. The van der Waals surface area contributed by atoms with Crippen LogP contribution in [-0.4, -0.2) is 126 Å². The number of alkyl carbamates (subject to hydrolysis) is 1. The molecule has 3 fully saturated rings. The third-order valence-electron chi connectivity index (χ3n) is 10.7. The van der Waals surface area contributed by atoms with E-state index in [-0.39, 0.29) is 38.9 Å². The SMILES string of the molecule is CN1CCN(S(=O)(=O)NC(=O)[C@@]23C[C@H]2/C=C\CCCCC[C@H](NC(=O)OC(C)(C)C)C(=O)N2C[C@H](OC(=O)N4Cc5ccccc5C4)C[C@H]2C(=O)N3)CC1. The number of ether oxygens (including phenoxy) is 2. The summed E-state index contributed by atoms with van der Waals surface area (Å²) in [6, 6.07) is 5.45. The van der Waals surface area contributed by atoms with E-state index < -0.39 is 75.4 Å². The van der Waals surface area contributed by atoms with E-state index in [0.717, 1.165) is 24.0 Å². The number of benzene rings is 1. The molecule has 16 nitrogen and oxygen atoms in total. The van der Waals surface area contributed by atoms with Gasteiger partial charge in [-0.25, -0.2) is 14.3 Å². The Balaban J connectivity index is 1.24. The number of carbonyl (C=O) groups is 5. The van der Waals surface area contributed by atoms with Gasteiger partial charge in [0.1, 0.15) is 29.3 Å². The van der Waals surface area contributed by atoms with Gasteiger partial charge < -0.3 is 29.9 Å². The minimum atomic E-state index is -4.21. The van der Waals surface area contributed by atoms with Crippen LogP contribution in [0, 0.1) is 5.92 Å². The Morgan fingerprint density at radius 2 is 1.67 bits per heavy atom. The standard InChI is InChI=1S/C37H53N7O9S/c1-36(2,3)53-34(48)38-29-15-9-7-5-6-8-14-27-21-37(27,33(47)40-54(50,51)43-18-16-41(4)17-19-43)39-31(45)30-20-28(24-44(30)32(29)46)52-35(49)42-22-25-12-10-11-13-26(25)23-42/h8,10-14,27-30H,5-7,9,15-24H2,1-4H3,(H,38,48)(H,39,45)(H,40,47)/b14-8-/t27-,28-,29+,30+,37-/m1/s1. The van der Waals surface area contributed by atoms with E-state index in [0.29, 0.717) is 39.0 Å². The molecule has 1 aliphatic carbocycles. The molecule has 4 heterocycles. The highest BCUT2D eigenvalue weighted by molar-refractivity contribution is 7.87. The minimum Gasteiger partial charge on any atom is -0.444 e. The zero-order chi connectivity index (χ0) is 38.8. The molecule has 2 saturated heterocycles. The maximum absolute atomic E-state index is 14.4. The van der Waals surface area contributed by atoms with E-state index in [4.69, 9.17) is 9.47 Å². The van der Waals surface area contributed by atoms with Crippen LogP contribution in [0.15, 0.2) is 36.4 Å². The summed E-state index contributed by atoms with van der Waals surface area (Å²) in [5.41, 5.74) is -0.389. The number of carbonyl (C=O) groups excluding carboxylic acids is 5. The molecule has 54 heavy (non-hydrogen) atoms. The van der Waals surface area contributed by atoms with Crippen molar-refractivity contribution >= 4 is 40.1 Å². The molecular formula is C37H53N7O9S. The fourth-order valence-electron chi connectivity index (χ4n) is 7.60. The zero-order valence-electron chi connectivity index (χ0n) is 31.5. The second kappa shape index (κ2) is 15.9. The van der Waals surface area contributed by atoms with Crippen LogP contribution >= 0.6 is 0 Å². The molecule has 6 rings (SSSR count). The first kappa shape index (κ1) is 39.5. The number of nitrogens with one attached hydrogen (secondary N) is 3. The van der Waals surface area contributed by atoms with Crippen LogP contribution < -0.4 is 15.4 Å². The van der Waals surface area contributed by atoms with Crippen molar-refractivity contribution in [1.82, 2.24) is 34.4 Å². The molecule has 0 bridgehead atoms. The van der Waals surface area contributed by atoms with E-state index >= 15 is 0 Å². The Kier molecular flexibility index (Phi) is 11.6. The van der Waals surface area contributed by atoms with Gasteiger partial charge in [-0.15, -0.1) is 0 Å². The molecule has 0 spiro atoms. The number of rotatable bonds is 5. The Hall–Kier alpha value is -4.22.